The molecular weight excluding hydrogens is 264 g/mol. The van der Waals surface area contributed by atoms with Crippen molar-refractivity contribution in [2.75, 3.05) is 11.5 Å². The van der Waals surface area contributed by atoms with E-state index < -0.39 is 0 Å². The number of hydrogen-bond donors (Lipinski definition) is 2. The Morgan fingerprint density at radius 1 is 1.79 bits per heavy atom. The fourth-order valence-corrected chi connectivity index (χ4v) is 2.60. The van der Waals surface area contributed by atoms with Crippen LogP contribution in [0.15, 0.2) is 10.7 Å². The SMILES string of the molecule is CCSCC(NN)c1c(Br)cnn1C. The summed E-state index contributed by atoms with van der Waals surface area (Å²) in [7, 11) is 1.92. The number of nitrogens with zero attached hydrogens (tertiary/aromatic N) is 2. The molecule has 0 saturated heterocycles. The fourth-order valence-electron chi connectivity index (χ4n) is 1.25. The van der Waals surface area contributed by atoms with Crippen LogP contribution in [0.25, 0.3) is 0 Å². The van der Waals surface area contributed by atoms with Crippen LogP contribution in [0.2, 0.25) is 0 Å². The fraction of sp³-hybridized carbons (Fsp3) is 0.625. The zero-order chi connectivity index (χ0) is 10.6. The van der Waals surface area contributed by atoms with Crippen molar-refractivity contribution in [3.05, 3.63) is 16.4 Å². The standard InChI is InChI=1S/C8H15BrN4S/c1-3-14-5-7(12-10)8-6(9)4-11-13(8)2/h4,7,12H,3,5,10H2,1-2H3. The van der Waals surface area contributed by atoms with Gasteiger partial charge in [-0.05, 0) is 21.7 Å². The van der Waals surface area contributed by atoms with Crippen molar-refractivity contribution in [1.29, 1.82) is 0 Å². The molecule has 6 heteroatoms. The van der Waals surface area contributed by atoms with Gasteiger partial charge in [-0.3, -0.25) is 16.0 Å². The smallest absolute Gasteiger partial charge is 0.0730 e. The number of thioether (sulfide) groups is 1. The van der Waals surface area contributed by atoms with Crippen molar-refractivity contribution in [3.8, 4) is 0 Å². The summed E-state index contributed by atoms with van der Waals surface area (Å²) in [4.78, 5) is 0. The minimum atomic E-state index is 0.141. The molecule has 0 saturated carbocycles. The van der Waals surface area contributed by atoms with Crippen LogP contribution in [0.3, 0.4) is 0 Å². The van der Waals surface area contributed by atoms with Crippen molar-refractivity contribution in [1.82, 2.24) is 15.2 Å². The zero-order valence-corrected chi connectivity index (χ0v) is 10.7. The molecule has 0 radical (unpaired) electrons. The number of halogens is 1. The molecule has 1 atom stereocenters. The highest BCUT2D eigenvalue weighted by molar-refractivity contribution is 9.10. The first kappa shape index (κ1) is 12.0. The van der Waals surface area contributed by atoms with Crippen molar-refractivity contribution in [3.63, 3.8) is 0 Å². The Kier molecular flexibility index (Phi) is 4.94. The molecular formula is C8H15BrN4S. The molecule has 0 bridgehead atoms. The molecule has 1 heterocycles. The second kappa shape index (κ2) is 5.75. The maximum absolute atomic E-state index is 5.52. The Labute approximate surface area is 96.7 Å². The average Bonchev–Trinajstić information content (AvgIpc) is 2.50. The molecule has 80 valence electrons. The summed E-state index contributed by atoms with van der Waals surface area (Å²) in [5.74, 6) is 7.56. The molecule has 1 aromatic heterocycles. The number of aromatic nitrogens is 2. The molecule has 0 aromatic carbocycles. The van der Waals surface area contributed by atoms with Crippen LogP contribution >= 0.6 is 27.7 Å². The highest BCUT2D eigenvalue weighted by Gasteiger charge is 2.16. The van der Waals surface area contributed by atoms with Gasteiger partial charge in [-0.25, -0.2) is 0 Å². The summed E-state index contributed by atoms with van der Waals surface area (Å²) in [6.45, 7) is 2.14. The molecule has 0 aliphatic heterocycles. The topological polar surface area (TPSA) is 55.9 Å². The molecule has 0 aliphatic rings. The molecule has 1 rings (SSSR count). The number of nitrogens with one attached hydrogen (secondary N) is 1. The number of nitrogens with two attached hydrogens (primary N) is 1. The highest BCUT2D eigenvalue weighted by Crippen LogP contribution is 2.24. The van der Waals surface area contributed by atoms with Gasteiger partial charge in [-0.1, -0.05) is 6.92 Å². The number of aryl methyl sites for hydroxylation is 1. The molecule has 4 nitrogen and oxygen atoms in total. The monoisotopic (exact) mass is 278 g/mol. The van der Waals surface area contributed by atoms with Crippen LogP contribution < -0.4 is 11.3 Å². The van der Waals surface area contributed by atoms with Crippen LogP contribution in [0.4, 0.5) is 0 Å². The summed E-state index contributed by atoms with van der Waals surface area (Å²) >= 11 is 5.31. The second-order valence-corrected chi connectivity index (χ2v) is 5.05. The molecule has 0 fully saturated rings. The molecule has 0 amide bonds. The Morgan fingerprint density at radius 2 is 2.50 bits per heavy atom. The summed E-state index contributed by atoms with van der Waals surface area (Å²) < 4.78 is 2.84. The molecule has 3 N–H and O–H groups in total. The average molecular weight is 279 g/mol. The lowest BCUT2D eigenvalue weighted by atomic mass is 10.2. The predicted molar refractivity (Wildman–Crippen MR) is 64.0 cm³/mol. The summed E-state index contributed by atoms with van der Waals surface area (Å²) in [5.41, 5.74) is 3.90. The number of rotatable bonds is 5. The quantitative estimate of drug-likeness (QED) is 0.632. The van der Waals surface area contributed by atoms with Gasteiger partial charge in [0.15, 0.2) is 0 Å². The van der Waals surface area contributed by atoms with E-state index in [1.54, 1.807) is 6.20 Å². The van der Waals surface area contributed by atoms with Gasteiger partial charge < -0.3 is 0 Å². The van der Waals surface area contributed by atoms with Gasteiger partial charge in [-0.15, -0.1) is 0 Å². The lowest BCUT2D eigenvalue weighted by Crippen LogP contribution is -2.31. The first-order valence-electron chi connectivity index (χ1n) is 4.42. The number of hydrazine groups is 1. The largest absolute Gasteiger partial charge is 0.271 e. The van der Waals surface area contributed by atoms with Gasteiger partial charge in [0.1, 0.15) is 0 Å². The molecule has 1 unspecified atom stereocenters. The van der Waals surface area contributed by atoms with Gasteiger partial charge in [0.2, 0.25) is 0 Å². The van der Waals surface area contributed by atoms with Crippen LogP contribution in [-0.4, -0.2) is 21.3 Å². The lowest BCUT2D eigenvalue weighted by molar-refractivity contribution is 0.552. The third-order valence-corrected chi connectivity index (χ3v) is 3.55. The van der Waals surface area contributed by atoms with Crippen molar-refractivity contribution in [2.45, 2.75) is 13.0 Å². The summed E-state index contributed by atoms with van der Waals surface area (Å²) in [6, 6.07) is 0.141. The van der Waals surface area contributed by atoms with E-state index in [0.717, 1.165) is 21.7 Å². The summed E-state index contributed by atoms with van der Waals surface area (Å²) in [5, 5.41) is 4.16. The van der Waals surface area contributed by atoms with Crippen molar-refractivity contribution < 1.29 is 0 Å². The Balaban J connectivity index is 2.77. The molecule has 1 aromatic rings. The Bertz CT molecular complexity index is 269. The van der Waals surface area contributed by atoms with E-state index in [9.17, 15) is 0 Å². The van der Waals surface area contributed by atoms with Crippen LogP contribution in [0.5, 0.6) is 0 Å². The minimum Gasteiger partial charge on any atom is -0.271 e. The van der Waals surface area contributed by atoms with E-state index in [1.165, 1.54) is 0 Å². The van der Waals surface area contributed by atoms with E-state index in [4.69, 9.17) is 5.84 Å². The highest BCUT2D eigenvalue weighted by atomic mass is 79.9. The maximum Gasteiger partial charge on any atom is 0.0730 e. The Hall–Kier alpha value is -0.0400. The maximum atomic E-state index is 5.52. The minimum absolute atomic E-state index is 0.141. The first-order valence-corrected chi connectivity index (χ1v) is 6.36. The van der Waals surface area contributed by atoms with E-state index in [0.29, 0.717) is 0 Å². The second-order valence-electron chi connectivity index (χ2n) is 2.88. The van der Waals surface area contributed by atoms with E-state index >= 15 is 0 Å². The molecule has 0 spiro atoms. The molecule has 14 heavy (non-hydrogen) atoms. The lowest BCUT2D eigenvalue weighted by Gasteiger charge is -2.16. The Morgan fingerprint density at radius 3 is 2.93 bits per heavy atom. The zero-order valence-electron chi connectivity index (χ0n) is 8.33. The van der Waals surface area contributed by atoms with Gasteiger partial charge in [0, 0.05) is 12.8 Å². The van der Waals surface area contributed by atoms with E-state index in [1.807, 2.05) is 23.5 Å². The van der Waals surface area contributed by atoms with Gasteiger partial charge >= 0.3 is 0 Å². The first-order chi connectivity index (χ1) is 6.70. The van der Waals surface area contributed by atoms with Crippen LogP contribution in [-0.2, 0) is 7.05 Å². The van der Waals surface area contributed by atoms with Gasteiger partial charge in [0.25, 0.3) is 0 Å². The summed E-state index contributed by atoms with van der Waals surface area (Å²) in [6.07, 6.45) is 1.79. The normalized spacial score (nSPS) is 13.1. The van der Waals surface area contributed by atoms with E-state index in [2.05, 4.69) is 33.4 Å². The third kappa shape index (κ3) is 2.73. The number of hydrogen-bond acceptors (Lipinski definition) is 4. The van der Waals surface area contributed by atoms with Crippen molar-refractivity contribution in [2.24, 2.45) is 12.9 Å². The molecule has 0 aliphatic carbocycles. The predicted octanol–water partition coefficient (Wildman–Crippen LogP) is 1.44. The van der Waals surface area contributed by atoms with Crippen LogP contribution in [0, 0.1) is 0 Å². The van der Waals surface area contributed by atoms with Crippen molar-refractivity contribution >= 4 is 27.7 Å². The van der Waals surface area contributed by atoms with E-state index in [-0.39, 0.29) is 6.04 Å². The van der Waals surface area contributed by atoms with Crippen LogP contribution in [0.1, 0.15) is 18.7 Å². The van der Waals surface area contributed by atoms with Gasteiger partial charge in [0.05, 0.1) is 22.4 Å². The van der Waals surface area contributed by atoms with Gasteiger partial charge in [-0.2, -0.15) is 16.9 Å². The third-order valence-electron chi connectivity index (χ3n) is 1.96.